The Morgan fingerprint density at radius 1 is 0.923 bits per heavy atom. The van der Waals surface area contributed by atoms with Crippen LogP contribution in [0.5, 0.6) is 0 Å². The third kappa shape index (κ3) is 2.21. The highest BCUT2D eigenvalue weighted by Crippen LogP contribution is 2.51. The minimum Gasteiger partial charge on any atom is -0.452 e. The quantitative estimate of drug-likeness (QED) is 0.537. The molecule has 5 atom stereocenters. The first-order chi connectivity index (χ1) is 12.4. The second-order valence-corrected chi connectivity index (χ2v) is 6.49. The van der Waals surface area contributed by atoms with E-state index in [0.29, 0.717) is 16.8 Å². The van der Waals surface area contributed by atoms with Crippen LogP contribution >= 0.6 is 0 Å². The van der Waals surface area contributed by atoms with Gasteiger partial charge in [0.15, 0.2) is 23.9 Å². The molecule has 0 amide bonds. The Labute approximate surface area is 149 Å². The summed E-state index contributed by atoms with van der Waals surface area (Å²) in [5, 5.41) is 20.8. The van der Waals surface area contributed by atoms with Crippen molar-refractivity contribution in [3.8, 4) is 0 Å². The zero-order valence-electron chi connectivity index (χ0n) is 13.6. The van der Waals surface area contributed by atoms with Crippen LogP contribution in [-0.2, 0) is 19.1 Å². The smallest absolute Gasteiger partial charge is 0.339 e. The van der Waals surface area contributed by atoms with Gasteiger partial charge in [0, 0.05) is 5.69 Å². The lowest BCUT2D eigenvalue weighted by Crippen LogP contribution is -2.52. The first kappa shape index (κ1) is 16.6. The average molecular weight is 355 g/mol. The number of fused-ring (bicyclic) bond motifs is 1. The van der Waals surface area contributed by atoms with Crippen LogP contribution in [0.1, 0.15) is 17.0 Å². The maximum atomic E-state index is 12.1. The maximum absolute atomic E-state index is 12.1. The largest absolute Gasteiger partial charge is 0.452 e. The van der Waals surface area contributed by atoms with Gasteiger partial charge in [-0.1, -0.05) is 42.5 Å². The topological polar surface area (TPSA) is 119 Å². The van der Waals surface area contributed by atoms with Crippen molar-refractivity contribution in [2.75, 3.05) is 5.73 Å². The minimum absolute atomic E-state index is 0.539. The van der Waals surface area contributed by atoms with Crippen LogP contribution < -0.4 is 5.73 Å². The SMILES string of the molecule is Nc1ccc(C(c2ccccc2)[C@@]23OC(=O)[C@H](O)[C@@H]2OC(=O)[C@@H]3O)cc1. The Kier molecular flexibility index (Phi) is 3.71. The summed E-state index contributed by atoms with van der Waals surface area (Å²) in [6.45, 7) is 0. The molecule has 26 heavy (non-hydrogen) atoms. The van der Waals surface area contributed by atoms with E-state index in [1.165, 1.54) is 0 Å². The van der Waals surface area contributed by atoms with Gasteiger partial charge in [0.1, 0.15) is 0 Å². The van der Waals surface area contributed by atoms with Gasteiger partial charge in [-0.3, -0.25) is 0 Å². The molecular weight excluding hydrogens is 338 g/mol. The molecule has 7 nitrogen and oxygen atoms in total. The van der Waals surface area contributed by atoms with E-state index in [1.807, 2.05) is 6.07 Å². The number of hydrogen-bond donors (Lipinski definition) is 3. The highest BCUT2D eigenvalue weighted by atomic mass is 16.7. The number of benzene rings is 2. The molecule has 2 heterocycles. The summed E-state index contributed by atoms with van der Waals surface area (Å²) in [5.41, 5.74) is 5.90. The number of hydrogen-bond acceptors (Lipinski definition) is 7. The third-order valence-corrected chi connectivity index (χ3v) is 5.00. The third-order valence-electron chi connectivity index (χ3n) is 5.00. The number of aliphatic hydroxyl groups excluding tert-OH is 2. The standard InChI is InChI=1S/C19H17NO6/c20-12-8-6-11(7-9-12)13(10-4-2-1-3-5-10)19-15(22)18(24)25-16(19)14(21)17(23)26-19/h1-9,13-16,21-22H,20H2/t13?,14-,15+,16+,19+/m1/s1. The maximum Gasteiger partial charge on any atom is 0.339 e. The van der Waals surface area contributed by atoms with Gasteiger partial charge in [-0.05, 0) is 23.3 Å². The first-order valence-electron chi connectivity index (χ1n) is 8.15. The van der Waals surface area contributed by atoms with E-state index < -0.39 is 41.8 Å². The van der Waals surface area contributed by atoms with E-state index >= 15 is 0 Å². The highest BCUT2D eigenvalue weighted by molar-refractivity contribution is 5.87. The molecule has 1 unspecified atom stereocenters. The molecule has 2 aromatic rings. The molecule has 2 aliphatic heterocycles. The Balaban J connectivity index is 1.94. The van der Waals surface area contributed by atoms with Crippen LogP contribution in [0.15, 0.2) is 54.6 Å². The predicted octanol–water partition coefficient (Wildman–Crippen LogP) is 0.344. The van der Waals surface area contributed by atoms with Crippen LogP contribution in [0, 0.1) is 0 Å². The molecular formula is C19H17NO6. The first-order valence-corrected chi connectivity index (χ1v) is 8.15. The van der Waals surface area contributed by atoms with Gasteiger partial charge in [-0.2, -0.15) is 0 Å². The molecule has 0 bridgehead atoms. The summed E-state index contributed by atoms with van der Waals surface area (Å²) in [4.78, 5) is 24.1. The Hall–Kier alpha value is -2.90. The Morgan fingerprint density at radius 2 is 1.54 bits per heavy atom. The van der Waals surface area contributed by atoms with Gasteiger partial charge < -0.3 is 25.4 Å². The van der Waals surface area contributed by atoms with Gasteiger partial charge >= 0.3 is 11.9 Å². The van der Waals surface area contributed by atoms with E-state index in [2.05, 4.69) is 0 Å². The number of nitrogen functional groups attached to an aromatic ring is 1. The number of nitrogens with two attached hydrogens (primary N) is 1. The summed E-state index contributed by atoms with van der Waals surface area (Å²) in [7, 11) is 0. The summed E-state index contributed by atoms with van der Waals surface area (Å²) in [6, 6.07) is 15.8. The average Bonchev–Trinajstić information content (AvgIpc) is 3.03. The van der Waals surface area contributed by atoms with Crippen molar-refractivity contribution in [3.05, 3.63) is 65.7 Å². The molecule has 0 aliphatic carbocycles. The van der Waals surface area contributed by atoms with Gasteiger partial charge in [0.25, 0.3) is 0 Å². The highest BCUT2D eigenvalue weighted by Gasteiger charge is 2.72. The van der Waals surface area contributed by atoms with Crippen molar-refractivity contribution in [1.82, 2.24) is 0 Å². The molecule has 0 radical (unpaired) electrons. The molecule has 2 aromatic carbocycles. The second kappa shape index (κ2) is 5.82. The monoisotopic (exact) mass is 355 g/mol. The number of carbonyl (C=O) groups excluding carboxylic acids is 2. The molecule has 0 spiro atoms. The number of rotatable bonds is 3. The lowest BCUT2D eigenvalue weighted by molar-refractivity contribution is -0.165. The predicted molar refractivity (Wildman–Crippen MR) is 89.9 cm³/mol. The fourth-order valence-corrected chi connectivity index (χ4v) is 3.83. The van der Waals surface area contributed by atoms with Crippen LogP contribution in [0.3, 0.4) is 0 Å². The van der Waals surface area contributed by atoms with Crippen LogP contribution in [0.4, 0.5) is 5.69 Å². The van der Waals surface area contributed by atoms with E-state index in [4.69, 9.17) is 15.2 Å². The van der Waals surface area contributed by atoms with Gasteiger partial charge in [-0.25, -0.2) is 9.59 Å². The van der Waals surface area contributed by atoms with E-state index in [9.17, 15) is 19.8 Å². The lowest BCUT2D eigenvalue weighted by Gasteiger charge is -2.36. The van der Waals surface area contributed by atoms with E-state index in [-0.39, 0.29) is 0 Å². The van der Waals surface area contributed by atoms with Crippen molar-refractivity contribution in [1.29, 1.82) is 0 Å². The Morgan fingerprint density at radius 3 is 2.19 bits per heavy atom. The number of aliphatic hydroxyl groups is 2. The fourth-order valence-electron chi connectivity index (χ4n) is 3.83. The van der Waals surface area contributed by atoms with Crippen molar-refractivity contribution < 1.29 is 29.3 Å². The summed E-state index contributed by atoms with van der Waals surface area (Å²) in [5.74, 6) is -2.60. The van der Waals surface area contributed by atoms with Crippen molar-refractivity contribution in [3.63, 3.8) is 0 Å². The molecule has 0 saturated carbocycles. The molecule has 4 rings (SSSR count). The summed E-state index contributed by atoms with van der Waals surface area (Å²) < 4.78 is 10.6. The van der Waals surface area contributed by atoms with E-state index in [0.717, 1.165) is 0 Å². The Bertz CT molecular complexity index is 850. The number of carbonyl (C=O) groups is 2. The number of anilines is 1. The van der Waals surface area contributed by atoms with Crippen molar-refractivity contribution >= 4 is 17.6 Å². The van der Waals surface area contributed by atoms with Gasteiger partial charge in [0.05, 0.1) is 5.92 Å². The minimum atomic E-state index is -1.76. The summed E-state index contributed by atoms with van der Waals surface area (Å²) >= 11 is 0. The van der Waals surface area contributed by atoms with Gasteiger partial charge in [-0.15, -0.1) is 0 Å². The molecule has 2 fully saturated rings. The molecule has 2 saturated heterocycles. The lowest BCUT2D eigenvalue weighted by atomic mass is 9.72. The van der Waals surface area contributed by atoms with E-state index in [1.54, 1.807) is 48.5 Å². The second-order valence-electron chi connectivity index (χ2n) is 6.49. The molecule has 4 N–H and O–H groups in total. The molecule has 134 valence electrons. The molecule has 2 aliphatic rings. The van der Waals surface area contributed by atoms with Gasteiger partial charge in [0.2, 0.25) is 0 Å². The molecule has 0 aromatic heterocycles. The van der Waals surface area contributed by atoms with Crippen LogP contribution in [-0.4, -0.2) is 46.1 Å². The fraction of sp³-hybridized carbons (Fsp3) is 0.263. The number of esters is 2. The van der Waals surface area contributed by atoms with Crippen LogP contribution in [0.2, 0.25) is 0 Å². The number of ether oxygens (including phenoxy) is 2. The van der Waals surface area contributed by atoms with Crippen molar-refractivity contribution in [2.24, 2.45) is 0 Å². The molecule has 7 heteroatoms. The summed E-state index contributed by atoms with van der Waals surface area (Å²) in [6.07, 6.45) is -4.69. The van der Waals surface area contributed by atoms with Crippen LogP contribution in [0.25, 0.3) is 0 Å². The zero-order chi connectivity index (χ0) is 18.5. The normalized spacial score (nSPS) is 31.2. The van der Waals surface area contributed by atoms with Crippen molar-refractivity contribution in [2.45, 2.75) is 29.8 Å². The zero-order valence-corrected chi connectivity index (χ0v) is 13.6.